The van der Waals surface area contributed by atoms with E-state index in [-0.39, 0.29) is 5.69 Å². The van der Waals surface area contributed by atoms with Gasteiger partial charge >= 0.3 is 0 Å². The lowest BCUT2D eigenvalue weighted by molar-refractivity contribution is -0.385. The molecule has 0 saturated heterocycles. The summed E-state index contributed by atoms with van der Waals surface area (Å²) in [5.74, 6) is 0.679. The molecule has 0 amide bonds. The van der Waals surface area contributed by atoms with E-state index in [1.165, 1.54) is 29.6 Å². The van der Waals surface area contributed by atoms with Crippen LogP contribution in [0.3, 0.4) is 0 Å². The Morgan fingerprint density at radius 1 is 1.11 bits per heavy atom. The predicted octanol–water partition coefficient (Wildman–Crippen LogP) is 5.95. The third-order valence-electron chi connectivity index (χ3n) is 3.84. The minimum absolute atomic E-state index is 0.0281. The minimum atomic E-state index is -0.430. The number of nitro groups is 1. The molecule has 0 bridgehead atoms. The van der Waals surface area contributed by atoms with Gasteiger partial charge in [0.15, 0.2) is 0 Å². The molecular formula is C19H17ClN4O2S. The van der Waals surface area contributed by atoms with Gasteiger partial charge in [-0.1, -0.05) is 55.8 Å². The van der Waals surface area contributed by atoms with E-state index in [2.05, 4.69) is 34.6 Å². The Bertz CT molecular complexity index is 981. The third-order valence-corrected chi connectivity index (χ3v) is 4.81. The van der Waals surface area contributed by atoms with Crippen LogP contribution in [-0.2, 0) is 0 Å². The molecule has 8 heteroatoms. The maximum atomic E-state index is 10.9. The minimum Gasteiger partial charge on any atom is -0.294 e. The molecule has 1 N–H and O–H groups in total. The molecule has 1 aromatic heterocycles. The third kappa shape index (κ3) is 4.75. The van der Waals surface area contributed by atoms with Crippen LogP contribution in [0.1, 0.15) is 25.3 Å². The summed E-state index contributed by atoms with van der Waals surface area (Å²) in [5, 5.41) is 11.2. The van der Waals surface area contributed by atoms with Crippen molar-refractivity contribution in [2.45, 2.75) is 24.7 Å². The van der Waals surface area contributed by atoms with Gasteiger partial charge in [-0.15, -0.1) is 0 Å². The maximum absolute atomic E-state index is 10.9. The van der Waals surface area contributed by atoms with Gasteiger partial charge in [0.25, 0.3) is 5.69 Å². The van der Waals surface area contributed by atoms with Crippen molar-refractivity contribution < 1.29 is 4.92 Å². The molecule has 27 heavy (non-hydrogen) atoms. The lowest BCUT2D eigenvalue weighted by Crippen LogP contribution is -1.99. The number of halogens is 1. The summed E-state index contributed by atoms with van der Waals surface area (Å²) in [5.41, 5.74) is 2.92. The summed E-state index contributed by atoms with van der Waals surface area (Å²) in [6.07, 6.45) is 0. The fraction of sp³-hybridized carbons (Fsp3) is 0.158. The second-order valence-electron chi connectivity index (χ2n) is 6.10. The molecule has 6 nitrogen and oxygen atoms in total. The molecule has 1 heterocycles. The Kier molecular flexibility index (Phi) is 5.93. The SMILES string of the molecule is CC(C)c1ccccc1-c1cc(Cl)nc(NSc2cccc([N+](=O)[O-])c2)n1. The molecule has 0 aliphatic heterocycles. The van der Waals surface area contributed by atoms with E-state index < -0.39 is 4.92 Å². The van der Waals surface area contributed by atoms with Gasteiger partial charge in [-0.05, 0) is 29.5 Å². The van der Waals surface area contributed by atoms with Gasteiger partial charge in [0.2, 0.25) is 5.95 Å². The number of hydrogen-bond acceptors (Lipinski definition) is 6. The fourth-order valence-electron chi connectivity index (χ4n) is 2.60. The van der Waals surface area contributed by atoms with Crippen molar-refractivity contribution >= 4 is 35.2 Å². The van der Waals surface area contributed by atoms with E-state index in [9.17, 15) is 10.1 Å². The van der Waals surface area contributed by atoms with E-state index in [0.717, 1.165) is 11.3 Å². The van der Waals surface area contributed by atoms with E-state index in [4.69, 9.17) is 11.6 Å². The first kappa shape index (κ1) is 19.1. The lowest BCUT2D eigenvalue weighted by Gasteiger charge is -2.13. The van der Waals surface area contributed by atoms with Gasteiger partial charge in [0.05, 0.1) is 10.6 Å². The second kappa shape index (κ2) is 8.37. The van der Waals surface area contributed by atoms with Crippen LogP contribution in [0.4, 0.5) is 11.6 Å². The first-order chi connectivity index (χ1) is 12.9. The standard InChI is InChI=1S/C19H17ClN4O2S/c1-12(2)15-8-3-4-9-16(15)17-11-18(20)22-19(21-17)23-27-14-7-5-6-13(10-14)24(25)26/h3-12H,1-2H3,(H,21,22,23). The van der Waals surface area contributed by atoms with Crippen molar-refractivity contribution in [1.82, 2.24) is 9.97 Å². The quantitative estimate of drug-likeness (QED) is 0.238. The van der Waals surface area contributed by atoms with Gasteiger partial charge in [-0.2, -0.15) is 0 Å². The summed E-state index contributed by atoms with van der Waals surface area (Å²) >= 11 is 7.38. The predicted molar refractivity (Wildman–Crippen MR) is 109 cm³/mol. The van der Waals surface area contributed by atoms with Crippen molar-refractivity contribution in [2.24, 2.45) is 0 Å². The number of anilines is 1. The molecule has 138 valence electrons. The molecule has 0 fully saturated rings. The summed E-state index contributed by atoms with van der Waals surface area (Å²) in [6, 6.07) is 16.1. The highest BCUT2D eigenvalue weighted by molar-refractivity contribution is 8.00. The first-order valence-electron chi connectivity index (χ1n) is 8.25. The van der Waals surface area contributed by atoms with Crippen molar-refractivity contribution in [2.75, 3.05) is 4.72 Å². The zero-order valence-corrected chi connectivity index (χ0v) is 16.3. The van der Waals surface area contributed by atoms with Gasteiger partial charge in [0.1, 0.15) is 5.15 Å². The molecule has 2 aromatic carbocycles. The first-order valence-corrected chi connectivity index (χ1v) is 9.44. The highest BCUT2D eigenvalue weighted by Crippen LogP contribution is 2.30. The zero-order chi connectivity index (χ0) is 19.4. The number of nitrogens with one attached hydrogen (secondary N) is 1. The maximum Gasteiger partial charge on any atom is 0.270 e. The summed E-state index contributed by atoms with van der Waals surface area (Å²) < 4.78 is 3.01. The molecule has 0 radical (unpaired) electrons. The van der Waals surface area contributed by atoms with Gasteiger partial charge in [0, 0.05) is 28.7 Å². The summed E-state index contributed by atoms with van der Waals surface area (Å²) in [6.45, 7) is 4.25. The van der Waals surface area contributed by atoms with Crippen LogP contribution in [0.5, 0.6) is 0 Å². The highest BCUT2D eigenvalue weighted by atomic mass is 35.5. The molecule has 0 spiro atoms. The molecule has 0 atom stereocenters. The fourth-order valence-corrected chi connectivity index (χ4v) is 3.41. The van der Waals surface area contributed by atoms with Crippen molar-refractivity contribution in [3.05, 3.63) is 75.4 Å². The van der Waals surface area contributed by atoms with E-state index in [1.807, 2.05) is 18.2 Å². The van der Waals surface area contributed by atoms with E-state index >= 15 is 0 Å². The van der Waals surface area contributed by atoms with Gasteiger partial charge < -0.3 is 0 Å². The zero-order valence-electron chi connectivity index (χ0n) is 14.7. The van der Waals surface area contributed by atoms with Crippen LogP contribution in [0, 0.1) is 10.1 Å². The lowest BCUT2D eigenvalue weighted by atomic mass is 9.95. The summed E-state index contributed by atoms with van der Waals surface area (Å²) in [4.78, 5) is 19.9. The van der Waals surface area contributed by atoms with Crippen LogP contribution in [0.25, 0.3) is 11.3 Å². The molecule has 0 aliphatic rings. The van der Waals surface area contributed by atoms with Crippen LogP contribution in [0.2, 0.25) is 5.15 Å². The number of hydrogen-bond donors (Lipinski definition) is 1. The molecule has 0 unspecified atom stereocenters. The second-order valence-corrected chi connectivity index (χ2v) is 7.37. The largest absolute Gasteiger partial charge is 0.294 e. The van der Waals surface area contributed by atoms with Crippen molar-refractivity contribution in [3.8, 4) is 11.3 Å². The Morgan fingerprint density at radius 3 is 2.63 bits per heavy atom. The monoisotopic (exact) mass is 400 g/mol. The van der Waals surface area contributed by atoms with E-state index in [0.29, 0.717) is 21.9 Å². The number of rotatable bonds is 6. The van der Waals surface area contributed by atoms with Gasteiger partial charge in [-0.3, -0.25) is 14.8 Å². The number of nitro benzene ring substituents is 1. The van der Waals surface area contributed by atoms with E-state index in [1.54, 1.807) is 18.2 Å². The van der Waals surface area contributed by atoms with Crippen LogP contribution >= 0.6 is 23.5 Å². The Labute approximate surface area is 166 Å². The normalized spacial score (nSPS) is 10.8. The molecule has 3 rings (SSSR count). The van der Waals surface area contributed by atoms with Gasteiger partial charge in [-0.25, -0.2) is 9.97 Å². The molecule has 3 aromatic rings. The van der Waals surface area contributed by atoms with Crippen LogP contribution in [-0.4, -0.2) is 14.9 Å². The average molecular weight is 401 g/mol. The number of aromatic nitrogens is 2. The van der Waals surface area contributed by atoms with Crippen molar-refractivity contribution in [3.63, 3.8) is 0 Å². The Hall–Kier alpha value is -2.64. The molecular weight excluding hydrogens is 384 g/mol. The van der Waals surface area contributed by atoms with Crippen LogP contribution in [0.15, 0.2) is 59.5 Å². The topological polar surface area (TPSA) is 81.0 Å². The Balaban J connectivity index is 1.86. The van der Waals surface area contributed by atoms with Crippen LogP contribution < -0.4 is 4.72 Å². The Morgan fingerprint density at radius 2 is 1.89 bits per heavy atom. The smallest absolute Gasteiger partial charge is 0.270 e. The number of non-ortho nitro benzene ring substituents is 1. The number of nitrogens with zero attached hydrogens (tertiary/aromatic N) is 3. The average Bonchev–Trinajstić information content (AvgIpc) is 2.66. The van der Waals surface area contributed by atoms with Crippen molar-refractivity contribution in [1.29, 1.82) is 0 Å². The molecule has 0 aliphatic carbocycles. The highest BCUT2D eigenvalue weighted by Gasteiger charge is 2.12. The number of benzene rings is 2. The summed E-state index contributed by atoms with van der Waals surface area (Å²) in [7, 11) is 0. The molecule has 0 saturated carbocycles.